The fourth-order valence-electron chi connectivity index (χ4n) is 2.28. The summed E-state index contributed by atoms with van der Waals surface area (Å²) >= 11 is 3.42. The van der Waals surface area contributed by atoms with Crippen LogP contribution in [0, 0.1) is 11.3 Å². The summed E-state index contributed by atoms with van der Waals surface area (Å²) in [6, 6.07) is 8.68. The second-order valence-corrected chi connectivity index (χ2v) is 5.27. The first-order chi connectivity index (χ1) is 8.22. The monoisotopic (exact) mass is 293 g/mol. The largest absolute Gasteiger partial charge is 0.372 e. The first-order valence-electron chi connectivity index (χ1n) is 5.85. The maximum atomic E-state index is 9.19. The Kier molecular flexibility index (Phi) is 4.03. The summed E-state index contributed by atoms with van der Waals surface area (Å²) in [7, 11) is 2.04. The number of halogens is 1. The first-order valence-corrected chi connectivity index (χ1v) is 6.65. The molecule has 1 heterocycles. The predicted octanol–water partition coefficient (Wildman–Crippen LogP) is 2.51. The molecule has 1 aliphatic rings. The lowest BCUT2D eigenvalue weighted by molar-refractivity contribution is 0.599. The Labute approximate surface area is 111 Å². The van der Waals surface area contributed by atoms with Crippen molar-refractivity contribution in [3.63, 3.8) is 0 Å². The SMILES string of the molecule is CN(CC1CCCN1)c1cccc(Br)c1C#N. The van der Waals surface area contributed by atoms with Gasteiger partial charge in [0.2, 0.25) is 0 Å². The second kappa shape index (κ2) is 5.52. The standard InChI is InChI=1S/C13H16BrN3/c1-17(9-10-4-3-7-16-10)13-6-2-5-12(14)11(13)8-15/h2,5-6,10,16H,3-4,7,9H2,1H3. The van der Waals surface area contributed by atoms with E-state index in [0.717, 1.165) is 23.2 Å². The number of hydrogen-bond donors (Lipinski definition) is 1. The van der Waals surface area contributed by atoms with Crippen LogP contribution in [0.15, 0.2) is 22.7 Å². The lowest BCUT2D eigenvalue weighted by Crippen LogP contribution is -2.35. The van der Waals surface area contributed by atoms with Gasteiger partial charge in [0, 0.05) is 24.1 Å². The zero-order valence-corrected chi connectivity index (χ0v) is 11.5. The van der Waals surface area contributed by atoms with Crippen LogP contribution in [0.5, 0.6) is 0 Å². The van der Waals surface area contributed by atoms with E-state index in [1.54, 1.807) is 0 Å². The fourth-order valence-corrected chi connectivity index (χ4v) is 2.73. The molecule has 2 rings (SSSR count). The number of likely N-dealkylation sites (N-methyl/N-ethyl adjacent to an activating group) is 1. The third kappa shape index (κ3) is 2.80. The van der Waals surface area contributed by atoms with Crippen LogP contribution in [-0.4, -0.2) is 26.2 Å². The molecule has 1 aromatic rings. The van der Waals surface area contributed by atoms with E-state index in [1.807, 2.05) is 25.2 Å². The highest BCUT2D eigenvalue weighted by molar-refractivity contribution is 9.10. The Morgan fingerprint density at radius 2 is 2.41 bits per heavy atom. The fraction of sp³-hybridized carbons (Fsp3) is 0.462. The van der Waals surface area contributed by atoms with Crippen LogP contribution in [0.4, 0.5) is 5.69 Å². The van der Waals surface area contributed by atoms with Crippen molar-refractivity contribution in [1.82, 2.24) is 5.32 Å². The van der Waals surface area contributed by atoms with Crippen molar-refractivity contribution in [3.8, 4) is 6.07 Å². The molecule has 1 unspecified atom stereocenters. The zero-order chi connectivity index (χ0) is 12.3. The van der Waals surface area contributed by atoms with Gasteiger partial charge in [-0.25, -0.2) is 0 Å². The molecule has 1 atom stereocenters. The van der Waals surface area contributed by atoms with Gasteiger partial charge < -0.3 is 10.2 Å². The highest BCUT2D eigenvalue weighted by atomic mass is 79.9. The third-order valence-corrected chi connectivity index (χ3v) is 3.83. The first kappa shape index (κ1) is 12.4. The van der Waals surface area contributed by atoms with Crippen LogP contribution in [-0.2, 0) is 0 Å². The Hall–Kier alpha value is -1.05. The number of anilines is 1. The van der Waals surface area contributed by atoms with Gasteiger partial charge in [-0.3, -0.25) is 0 Å². The number of nitrogens with one attached hydrogen (secondary N) is 1. The second-order valence-electron chi connectivity index (χ2n) is 4.42. The molecule has 0 bridgehead atoms. The minimum Gasteiger partial charge on any atom is -0.372 e. The van der Waals surface area contributed by atoms with Gasteiger partial charge in [-0.2, -0.15) is 5.26 Å². The molecule has 1 saturated heterocycles. The smallest absolute Gasteiger partial charge is 0.103 e. The molecule has 0 saturated carbocycles. The topological polar surface area (TPSA) is 39.1 Å². The van der Waals surface area contributed by atoms with Gasteiger partial charge in [-0.1, -0.05) is 6.07 Å². The number of nitriles is 1. The van der Waals surface area contributed by atoms with Crippen LogP contribution in [0.1, 0.15) is 18.4 Å². The molecular weight excluding hydrogens is 278 g/mol. The summed E-state index contributed by atoms with van der Waals surface area (Å²) in [5.41, 5.74) is 1.71. The van der Waals surface area contributed by atoms with E-state index >= 15 is 0 Å². The number of nitrogens with zero attached hydrogens (tertiary/aromatic N) is 2. The van der Waals surface area contributed by atoms with E-state index in [9.17, 15) is 5.26 Å². The summed E-state index contributed by atoms with van der Waals surface area (Å²) in [6.45, 7) is 2.06. The van der Waals surface area contributed by atoms with E-state index in [4.69, 9.17) is 0 Å². The molecule has 1 N–H and O–H groups in total. The van der Waals surface area contributed by atoms with Gasteiger partial charge in [0.15, 0.2) is 0 Å². The van der Waals surface area contributed by atoms with Crippen molar-refractivity contribution >= 4 is 21.6 Å². The zero-order valence-electron chi connectivity index (χ0n) is 9.91. The molecule has 0 aliphatic carbocycles. The lowest BCUT2D eigenvalue weighted by atomic mass is 10.1. The van der Waals surface area contributed by atoms with Crippen molar-refractivity contribution in [2.24, 2.45) is 0 Å². The molecule has 0 spiro atoms. The summed E-state index contributed by atoms with van der Waals surface area (Å²) in [4.78, 5) is 2.16. The van der Waals surface area contributed by atoms with Crippen LogP contribution in [0.3, 0.4) is 0 Å². The summed E-state index contributed by atoms with van der Waals surface area (Å²) < 4.78 is 0.865. The molecule has 1 aliphatic heterocycles. The molecule has 17 heavy (non-hydrogen) atoms. The molecule has 0 amide bonds. The lowest BCUT2D eigenvalue weighted by Gasteiger charge is -2.24. The van der Waals surface area contributed by atoms with E-state index < -0.39 is 0 Å². The molecule has 0 radical (unpaired) electrons. The minimum atomic E-state index is 0.547. The highest BCUT2D eigenvalue weighted by Gasteiger charge is 2.18. The van der Waals surface area contributed by atoms with Gasteiger partial charge >= 0.3 is 0 Å². The van der Waals surface area contributed by atoms with Gasteiger partial charge in [0.1, 0.15) is 6.07 Å². The average molecular weight is 294 g/mol. The number of rotatable bonds is 3. The van der Waals surface area contributed by atoms with Gasteiger partial charge in [-0.15, -0.1) is 0 Å². The third-order valence-electron chi connectivity index (χ3n) is 3.17. The molecule has 90 valence electrons. The number of hydrogen-bond acceptors (Lipinski definition) is 3. The maximum absolute atomic E-state index is 9.19. The average Bonchev–Trinajstić information content (AvgIpc) is 2.81. The van der Waals surface area contributed by atoms with E-state index in [1.165, 1.54) is 12.8 Å². The van der Waals surface area contributed by atoms with Crippen LogP contribution in [0.25, 0.3) is 0 Å². The summed E-state index contributed by atoms with van der Waals surface area (Å²) in [5.74, 6) is 0. The van der Waals surface area contributed by atoms with Crippen LogP contribution < -0.4 is 10.2 Å². The highest BCUT2D eigenvalue weighted by Crippen LogP contribution is 2.26. The van der Waals surface area contributed by atoms with Crippen molar-refractivity contribution < 1.29 is 0 Å². The van der Waals surface area contributed by atoms with E-state index in [0.29, 0.717) is 11.6 Å². The van der Waals surface area contributed by atoms with Crippen LogP contribution >= 0.6 is 15.9 Å². The number of benzene rings is 1. The molecule has 1 fully saturated rings. The molecule has 3 nitrogen and oxygen atoms in total. The van der Waals surface area contributed by atoms with Crippen molar-refractivity contribution in [3.05, 3.63) is 28.2 Å². The molecular formula is C13H16BrN3. The minimum absolute atomic E-state index is 0.547. The molecule has 0 aromatic heterocycles. The maximum Gasteiger partial charge on any atom is 0.103 e. The van der Waals surface area contributed by atoms with Crippen molar-refractivity contribution in [2.75, 3.05) is 25.0 Å². The predicted molar refractivity (Wildman–Crippen MR) is 73.2 cm³/mol. The normalized spacial score (nSPS) is 19.0. The summed E-state index contributed by atoms with van der Waals surface area (Å²) in [6.07, 6.45) is 2.47. The quantitative estimate of drug-likeness (QED) is 0.931. The Morgan fingerprint density at radius 3 is 3.06 bits per heavy atom. The Bertz CT molecular complexity index is 433. The molecule has 4 heteroatoms. The summed E-state index contributed by atoms with van der Waals surface area (Å²) in [5, 5.41) is 12.7. The molecule has 1 aromatic carbocycles. The Morgan fingerprint density at radius 1 is 1.59 bits per heavy atom. The van der Waals surface area contributed by atoms with Gasteiger partial charge in [0.25, 0.3) is 0 Å². The Balaban J connectivity index is 2.15. The van der Waals surface area contributed by atoms with Gasteiger partial charge in [-0.05, 0) is 47.4 Å². The van der Waals surface area contributed by atoms with Crippen molar-refractivity contribution in [2.45, 2.75) is 18.9 Å². The van der Waals surface area contributed by atoms with E-state index in [-0.39, 0.29) is 0 Å². The van der Waals surface area contributed by atoms with Crippen molar-refractivity contribution in [1.29, 1.82) is 5.26 Å². The van der Waals surface area contributed by atoms with E-state index in [2.05, 4.69) is 32.2 Å². The van der Waals surface area contributed by atoms with Crippen LogP contribution in [0.2, 0.25) is 0 Å². The van der Waals surface area contributed by atoms with Gasteiger partial charge in [0.05, 0.1) is 11.3 Å².